The van der Waals surface area contributed by atoms with Crippen LogP contribution >= 0.6 is 24.0 Å². The Morgan fingerprint density at radius 1 is 0.906 bits per heavy atom. The van der Waals surface area contributed by atoms with Gasteiger partial charge in [0, 0.05) is 38.8 Å². The van der Waals surface area contributed by atoms with Crippen LogP contribution in [0.3, 0.4) is 0 Å². The number of piperidine rings is 3. The highest BCUT2D eigenvalue weighted by atomic mass is 127. The maximum atomic E-state index is 6.29. The van der Waals surface area contributed by atoms with E-state index in [-0.39, 0.29) is 24.0 Å². The van der Waals surface area contributed by atoms with E-state index in [0.29, 0.717) is 11.6 Å². The van der Waals surface area contributed by atoms with Crippen LogP contribution in [0.2, 0.25) is 0 Å². The first-order valence-electron chi connectivity index (χ1n) is 13.2. The second-order valence-electron chi connectivity index (χ2n) is 10.6. The summed E-state index contributed by atoms with van der Waals surface area (Å²) in [6, 6.07) is 0. The highest BCUT2D eigenvalue weighted by molar-refractivity contribution is 14.0. The van der Waals surface area contributed by atoms with Crippen molar-refractivity contribution >= 4 is 29.9 Å². The lowest BCUT2D eigenvalue weighted by atomic mass is 9.84. The molecule has 0 unspecified atom stereocenters. The van der Waals surface area contributed by atoms with Gasteiger partial charge in [-0.05, 0) is 90.5 Å². The average Bonchev–Trinajstić information content (AvgIpc) is 3.35. The molecule has 4 aliphatic rings. The van der Waals surface area contributed by atoms with Gasteiger partial charge in [0.2, 0.25) is 0 Å². The Labute approximate surface area is 213 Å². The number of hydrogen-bond acceptors (Lipinski definition) is 4. The van der Waals surface area contributed by atoms with Gasteiger partial charge in [0.25, 0.3) is 0 Å². The van der Waals surface area contributed by atoms with Crippen molar-refractivity contribution in [2.75, 3.05) is 66.5 Å². The standard InChI is InChI=1S/C25H47N5O.HI/c1-26-24(29-16-10-23(11-17-29)31-20-22-8-4-5-9-22)27-21-25(12-18-28(2)19-13-25)30-14-6-3-7-15-30;/h22-23H,3-21H2,1-2H3,(H,26,27);1H. The summed E-state index contributed by atoms with van der Waals surface area (Å²) in [6.45, 7) is 9.11. The van der Waals surface area contributed by atoms with Crippen molar-refractivity contribution in [3.63, 3.8) is 0 Å². The van der Waals surface area contributed by atoms with Gasteiger partial charge in [0.1, 0.15) is 0 Å². The van der Waals surface area contributed by atoms with E-state index in [4.69, 9.17) is 4.74 Å². The molecule has 0 spiro atoms. The Hall–Kier alpha value is -0.120. The lowest BCUT2D eigenvalue weighted by Gasteiger charge is -2.50. The van der Waals surface area contributed by atoms with Crippen molar-refractivity contribution in [2.45, 2.75) is 82.3 Å². The second kappa shape index (κ2) is 13.1. The molecule has 3 aliphatic heterocycles. The van der Waals surface area contributed by atoms with Gasteiger partial charge in [0.05, 0.1) is 6.10 Å². The van der Waals surface area contributed by atoms with E-state index in [0.717, 1.165) is 51.0 Å². The van der Waals surface area contributed by atoms with Crippen LogP contribution in [0.1, 0.15) is 70.6 Å². The third kappa shape index (κ3) is 6.95. The molecule has 0 aromatic carbocycles. The molecule has 186 valence electrons. The number of hydrogen-bond donors (Lipinski definition) is 1. The zero-order chi connectivity index (χ0) is 21.5. The van der Waals surface area contributed by atoms with Crippen molar-refractivity contribution in [3.8, 4) is 0 Å². The second-order valence-corrected chi connectivity index (χ2v) is 10.6. The number of aliphatic imine (C=N–C) groups is 1. The summed E-state index contributed by atoms with van der Waals surface area (Å²) in [6.07, 6.45) is 14.9. The summed E-state index contributed by atoms with van der Waals surface area (Å²) in [5.41, 5.74) is 0.297. The molecular formula is C25H48IN5O. The smallest absolute Gasteiger partial charge is 0.193 e. The number of ether oxygens (including phenoxy) is 1. The fourth-order valence-electron chi connectivity index (χ4n) is 6.27. The molecule has 6 nitrogen and oxygen atoms in total. The van der Waals surface area contributed by atoms with Crippen molar-refractivity contribution in [1.29, 1.82) is 0 Å². The summed E-state index contributed by atoms with van der Waals surface area (Å²) in [5, 5.41) is 3.83. The zero-order valence-corrected chi connectivity index (χ0v) is 23.0. The predicted octanol–water partition coefficient (Wildman–Crippen LogP) is 3.80. The monoisotopic (exact) mass is 561 g/mol. The predicted molar refractivity (Wildman–Crippen MR) is 144 cm³/mol. The third-order valence-corrected chi connectivity index (χ3v) is 8.52. The Bertz CT molecular complexity index is 561. The maximum Gasteiger partial charge on any atom is 0.193 e. The van der Waals surface area contributed by atoms with Crippen LogP contribution in [0.25, 0.3) is 0 Å². The Morgan fingerprint density at radius 3 is 2.19 bits per heavy atom. The first-order chi connectivity index (χ1) is 15.2. The van der Waals surface area contributed by atoms with Crippen LogP contribution in [0.4, 0.5) is 0 Å². The van der Waals surface area contributed by atoms with E-state index < -0.39 is 0 Å². The van der Waals surface area contributed by atoms with Crippen molar-refractivity contribution in [1.82, 2.24) is 20.0 Å². The molecule has 3 saturated heterocycles. The van der Waals surface area contributed by atoms with E-state index in [1.54, 1.807) is 0 Å². The van der Waals surface area contributed by atoms with Gasteiger partial charge < -0.3 is 19.9 Å². The van der Waals surface area contributed by atoms with Gasteiger partial charge in [-0.2, -0.15) is 0 Å². The Morgan fingerprint density at radius 2 is 1.56 bits per heavy atom. The van der Waals surface area contributed by atoms with Crippen LogP contribution in [-0.4, -0.2) is 98.8 Å². The van der Waals surface area contributed by atoms with Crippen LogP contribution in [0, 0.1) is 5.92 Å². The lowest BCUT2D eigenvalue weighted by Crippen LogP contribution is -2.62. The van der Waals surface area contributed by atoms with Gasteiger partial charge >= 0.3 is 0 Å². The van der Waals surface area contributed by atoms with Gasteiger partial charge in [0.15, 0.2) is 5.96 Å². The molecule has 7 heteroatoms. The molecule has 0 radical (unpaired) electrons. The van der Waals surface area contributed by atoms with Crippen LogP contribution in [0.15, 0.2) is 4.99 Å². The van der Waals surface area contributed by atoms with E-state index >= 15 is 0 Å². The van der Waals surface area contributed by atoms with E-state index in [1.807, 2.05) is 7.05 Å². The summed E-state index contributed by atoms with van der Waals surface area (Å²) in [4.78, 5) is 12.5. The molecule has 0 bridgehead atoms. The number of halogens is 1. The summed E-state index contributed by atoms with van der Waals surface area (Å²) in [5.74, 6) is 1.93. The minimum Gasteiger partial charge on any atom is -0.378 e. The third-order valence-electron chi connectivity index (χ3n) is 8.52. The molecule has 1 N–H and O–H groups in total. The van der Waals surface area contributed by atoms with Gasteiger partial charge in [-0.3, -0.25) is 9.89 Å². The fraction of sp³-hybridized carbons (Fsp3) is 0.960. The summed E-state index contributed by atoms with van der Waals surface area (Å²) >= 11 is 0. The number of nitrogens with one attached hydrogen (secondary N) is 1. The summed E-state index contributed by atoms with van der Waals surface area (Å²) in [7, 11) is 4.22. The highest BCUT2D eigenvalue weighted by Gasteiger charge is 2.40. The highest BCUT2D eigenvalue weighted by Crippen LogP contribution is 2.31. The first-order valence-corrected chi connectivity index (χ1v) is 13.2. The molecule has 0 aromatic heterocycles. The minimum absolute atomic E-state index is 0. The average molecular weight is 562 g/mol. The van der Waals surface area contributed by atoms with E-state index in [1.165, 1.54) is 84.0 Å². The Kier molecular flexibility index (Phi) is 10.8. The molecule has 0 amide bonds. The normalized spacial score (nSPS) is 26.8. The SMILES string of the molecule is CN=C(NCC1(N2CCCCC2)CCN(C)CC1)N1CCC(OCC2CCCC2)CC1.I. The number of guanidine groups is 1. The minimum atomic E-state index is 0. The molecular weight excluding hydrogens is 513 g/mol. The zero-order valence-electron chi connectivity index (χ0n) is 20.7. The molecule has 1 aliphatic carbocycles. The Balaban J connectivity index is 0.00000289. The van der Waals surface area contributed by atoms with Crippen molar-refractivity contribution in [3.05, 3.63) is 0 Å². The maximum absolute atomic E-state index is 6.29. The fourth-order valence-corrected chi connectivity index (χ4v) is 6.27. The number of likely N-dealkylation sites (tertiary alicyclic amines) is 3. The summed E-state index contributed by atoms with van der Waals surface area (Å²) < 4.78 is 6.29. The van der Waals surface area contributed by atoms with Crippen LogP contribution < -0.4 is 5.32 Å². The van der Waals surface area contributed by atoms with E-state index in [2.05, 4.69) is 32.1 Å². The molecule has 1 saturated carbocycles. The van der Waals surface area contributed by atoms with Crippen molar-refractivity contribution < 1.29 is 4.74 Å². The molecule has 0 aromatic rings. The lowest BCUT2D eigenvalue weighted by molar-refractivity contribution is 0.0000217. The van der Waals surface area contributed by atoms with E-state index in [9.17, 15) is 0 Å². The molecule has 0 atom stereocenters. The van der Waals surface area contributed by atoms with Crippen LogP contribution in [-0.2, 0) is 4.74 Å². The van der Waals surface area contributed by atoms with Gasteiger partial charge in [-0.25, -0.2) is 0 Å². The van der Waals surface area contributed by atoms with Crippen molar-refractivity contribution in [2.24, 2.45) is 10.9 Å². The molecule has 32 heavy (non-hydrogen) atoms. The topological polar surface area (TPSA) is 43.3 Å². The van der Waals surface area contributed by atoms with Gasteiger partial charge in [-0.15, -0.1) is 24.0 Å². The first kappa shape index (κ1) is 26.5. The molecule has 3 heterocycles. The molecule has 4 fully saturated rings. The number of nitrogens with zero attached hydrogens (tertiary/aromatic N) is 4. The molecule has 4 rings (SSSR count). The quantitative estimate of drug-likeness (QED) is 0.304. The largest absolute Gasteiger partial charge is 0.378 e. The number of rotatable bonds is 6. The van der Waals surface area contributed by atoms with Crippen LogP contribution in [0.5, 0.6) is 0 Å². The van der Waals surface area contributed by atoms with Gasteiger partial charge in [-0.1, -0.05) is 19.3 Å².